The van der Waals surface area contributed by atoms with Gasteiger partial charge < -0.3 is 5.32 Å². The molecule has 2 aromatic carbocycles. The van der Waals surface area contributed by atoms with Crippen LogP contribution in [0.2, 0.25) is 0 Å². The van der Waals surface area contributed by atoms with Gasteiger partial charge in [0.2, 0.25) is 0 Å². The summed E-state index contributed by atoms with van der Waals surface area (Å²) in [6.45, 7) is 0.609. The van der Waals surface area contributed by atoms with Crippen LogP contribution < -0.4 is 5.32 Å². The van der Waals surface area contributed by atoms with Crippen LogP contribution in [0.3, 0.4) is 0 Å². The van der Waals surface area contributed by atoms with E-state index in [4.69, 9.17) is 0 Å². The molecule has 0 bridgehead atoms. The number of aromatic nitrogens is 3. The van der Waals surface area contributed by atoms with Crippen molar-refractivity contribution in [3.8, 4) is 5.69 Å². The summed E-state index contributed by atoms with van der Waals surface area (Å²) < 4.78 is 15.3. The van der Waals surface area contributed by atoms with Crippen molar-refractivity contribution in [1.29, 1.82) is 0 Å². The molecule has 1 aromatic heterocycles. The van der Waals surface area contributed by atoms with Crippen molar-refractivity contribution >= 4 is 11.0 Å². The van der Waals surface area contributed by atoms with Gasteiger partial charge in [-0.3, -0.25) is 0 Å². The lowest BCUT2D eigenvalue weighted by Gasteiger charge is -2.06. The van der Waals surface area contributed by atoms with Crippen LogP contribution in [-0.2, 0) is 6.54 Å². The molecule has 0 unspecified atom stereocenters. The van der Waals surface area contributed by atoms with Crippen LogP contribution in [0, 0.1) is 5.82 Å². The molecule has 0 fully saturated rings. The van der Waals surface area contributed by atoms with E-state index in [9.17, 15) is 4.39 Å². The Labute approximate surface area is 109 Å². The van der Waals surface area contributed by atoms with Crippen LogP contribution >= 0.6 is 0 Å². The predicted molar refractivity (Wildman–Crippen MR) is 71.6 cm³/mol. The van der Waals surface area contributed by atoms with Gasteiger partial charge in [0.15, 0.2) is 0 Å². The highest BCUT2D eigenvalue weighted by molar-refractivity contribution is 5.75. The summed E-state index contributed by atoms with van der Waals surface area (Å²) >= 11 is 0. The first-order valence-corrected chi connectivity index (χ1v) is 6.03. The van der Waals surface area contributed by atoms with Gasteiger partial charge in [-0.2, -0.15) is 0 Å². The van der Waals surface area contributed by atoms with Gasteiger partial charge in [-0.15, -0.1) is 5.10 Å². The number of benzene rings is 2. The molecule has 1 heterocycles. The van der Waals surface area contributed by atoms with Crippen molar-refractivity contribution in [1.82, 2.24) is 20.3 Å². The van der Waals surface area contributed by atoms with E-state index in [-0.39, 0.29) is 5.82 Å². The Balaban J connectivity index is 2.15. The highest BCUT2D eigenvalue weighted by atomic mass is 19.1. The molecule has 0 saturated carbocycles. The Morgan fingerprint density at radius 3 is 2.89 bits per heavy atom. The summed E-state index contributed by atoms with van der Waals surface area (Å²) in [7, 11) is 1.83. The fourth-order valence-electron chi connectivity index (χ4n) is 2.12. The molecule has 0 aliphatic carbocycles. The molecule has 0 aliphatic rings. The number of hydrogen-bond acceptors (Lipinski definition) is 3. The van der Waals surface area contributed by atoms with Gasteiger partial charge in [0.05, 0.1) is 11.2 Å². The van der Waals surface area contributed by atoms with Gasteiger partial charge in [-0.05, 0) is 42.9 Å². The third-order valence-corrected chi connectivity index (χ3v) is 2.92. The number of hydrogen-bond donors (Lipinski definition) is 1. The number of rotatable bonds is 3. The molecular formula is C14H13FN4. The Kier molecular flexibility index (Phi) is 2.97. The second-order valence-corrected chi connectivity index (χ2v) is 4.34. The number of halogens is 1. The summed E-state index contributed by atoms with van der Waals surface area (Å²) in [5.41, 5.74) is 3.21. The largest absolute Gasteiger partial charge is 0.316 e. The summed E-state index contributed by atoms with van der Waals surface area (Å²) in [5.74, 6) is -0.276. The van der Waals surface area contributed by atoms with E-state index in [1.807, 2.05) is 37.4 Å². The highest BCUT2D eigenvalue weighted by Gasteiger charge is 2.08. The minimum Gasteiger partial charge on any atom is -0.316 e. The van der Waals surface area contributed by atoms with Crippen molar-refractivity contribution in [2.45, 2.75) is 6.54 Å². The zero-order valence-corrected chi connectivity index (χ0v) is 10.5. The van der Waals surface area contributed by atoms with Crippen LogP contribution in [0.5, 0.6) is 0 Å². The lowest BCUT2D eigenvalue weighted by molar-refractivity contribution is 0.621. The molecule has 96 valence electrons. The molecule has 3 aromatic rings. The van der Waals surface area contributed by atoms with Crippen molar-refractivity contribution in [2.75, 3.05) is 7.05 Å². The summed E-state index contributed by atoms with van der Waals surface area (Å²) in [4.78, 5) is 0. The maximum absolute atomic E-state index is 13.7. The average Bonchev–Trinajstić information content (AvgIpc) is 2.82. The molecule has 4 nitrogen and oxygen atoms in total. The molecule has 0 aliphatic heterocycles. The van der Waals surface area contributed by atoms with Crippen molar-refractivity contribution in [2.24, 2.45) is 0 Å². The SMILES string of the molecule is CNCc1cc(F)cc(-n2nnc3ccccc32)c1. The second kappa shape index (κ2) is 4.78. The fraction of sp³-hybridized carbons (Fsp3) is 0.143. The number of nitrogens with one attached hydrogen (secondary N) is 1. The van der Waals surface area contributed by atoms with Gasteiger partial charge in [0, 0.05) is 6.54 Å². The van der Waals surface area contributed by atoms with E-state index >= 15 is 0 Å². The van der Waals surface area contributed by atoms with Crippen LogP contribution in [0.25, 0.3) is 16.7 Å². The van der Waals surface area contributed by atoms with E-state index in [2.05, 4.69) is 15.6 Å². The smallest absolute Gasteiger partial charge is 0.125 e. The van der Waals surface area contributed by atoms with Crippen molar-refractivity contribution in [3.05, 3.63) is 53.8 Å². The average molecular weight is 256 g/mol. The van der Waals surface area contributed by atoms with E-state index in [1.165, 1.54) is 12.1 Å². The monoisotopic (exact) mass is 256 g/mol. The van der Waals surface area contributed by atoms with Crippen LogP contribution in [0.15, 0.2) is 42.5 Å². The van der Waals surface area contributed by atoms with Gasteiger partial charge in [0.1, 0.15) is 11.3 Å². The first-order valence-electron chi connectivity index (χ1n) is 6.03. The number of para-hydroxylation sites is 1. The maximum Gasteiger partial charge on any atom is 0.125 e. The first kappa shape index (κ1) is 11.8. The van der Waals surface area contributed by atoms with Crippen molar-refractivity contribution < 1.29 is 4.39 Å². The topological polar surface area (TPSA) is 42.7 Å². The Morgan fingerprint density at radius 1 is 1.21 bits per heavy atom. The van der Waals surface area contributed by atoms with E-state index in [0.29, 0.717) is 12.2 Å². The normalized spacial score (nSPS) is 11.1. The third kappa shape index (κ3) is 2.20. The van der Waals surface area contributed by atoms with Gasteiger partial charge in [-0.25, -0.2) is 9.07 Å². The third-order valence-electron chi connectivity index (χ3n) is 2.92. The predicted octanol–water partition coefficient (Wildman–Crippen LogP) is 2.28. The zero-order chi connectivity index (χ0) is 13.2. The molecule has 19 heavy (non-hydrogen) atoms. The molecule has 0 amide bonds. The number of fused-ring (bicyclic) bond motifs is 1. The van der Waals surface area contributed by atoms with Crippen LogP contribution in [-0.4, -0.2) is 22.0 Å². The fourth-order valence-corrected chi connectivity index (χ4v) is 2.12. The van der Waals surface area contributed by atoms with E-state index in [1.54, 1.807) is 4.68 Å². The molecule has 3 rings (SSSR count). The Morgan fingerprint density at radius 2 is 2.05 bits per heavy atom. The lowest BCUT2D eigenvalue weighted by Crippen LogP contribution is -2.07. The molecule has 5 heteroatoms. The summed E-state index contributed by atoms with van der Waals surface area (Å²) in [6, 6.07) is 12.5. The molecule has 0 spiro atoms. The van der Waals surface area contributed by atoms with E-state index in [0.717, 1.165) is 16.6 Å². The standard InChI is InChI=1S/C14H13FN4/c1-16-9-10-6-11(15)8-12(7-10)19-14-5-3-2-4-13(14)17-18-19/h2-8,16H,9H2,1H3. The summed E-state index contributed by atoms with van der Waals surface area (Å²) in [6.07, 6.45) is 0. The van der Waals surface area contributed by atoms with Crippen LogP contribution in [0.4, 0.5) is 4.39 Å². The molecular weight excluding hydrogens is 243 g/mol. The summed E-state index contributed by atoms with van der Waals surface area (Å²) in [5, 5.41) is 11.2. The van der Waals surface area contributed by atoms with Gasteiger partial charge in [0.25, 0.3) is 0 Å². The lowest BCUT2D eigenvalue weighted by atomic mass is 10.2. The molecule has 0 atom stereocenters. The maximum atomic E-state index is 13.7. The van der Waals surface area contributed by atoms with Gasteiger partial charge >= 0.3 is 0 Å². The first-order chi connectivity index (χ1) is 9.28. The van der Waals surface area contributed by atoms with Crippen molar-refractivity contribution in [3.63, 3.8) is 0 Å². The second-order valence-electron chi connectivity index (χ2n) is 4.34. The highest BCUT2D eigenvalue weighted by Crippen LogP contribution is 2.18. The van der Waals surface area contributed by atoms with E-state index < -0.39 is 0 Å². The van der Waals surface area contributed by atoms with Gasteiger partial charge in [-0.1, -0.05) is 17.3 Å². The Hall–Kier alpha value is -2.27. The molecule has 1 N–H and O–H groups in total. The minimum absolute atomic E-state index is 0.276. The molecule has 0 saturated heterocycles. The quantitative estimate of drug-likeness (QED) is 0.781. The Bertz CT molecular complexity index is 720. The molecule has 0 radical (unpaired) electrons. The number of nitrogens with zero attached hydrogens (tertiary/aromatic N) is 3. The minimum atomic E-state index is -0.276. The zero-order valence-electron chi connectivity index (χ0n) is 10.5. The van der Waals surface area contributed by atoms with Crippen LogP contribution in [0.1, 0.15) is 5.56 Å².